The molecule has 1 aliphatic rings. The molecule has 0 spiro atoms. The van der Waals surface area contributed by atoms with Crippen molar-refractivity contribution in [1.82, 2.24) is 0 Å². The molecule has 0 bridgehead atoms. The van der Waals surface area contributed by atoms with Crippen LogP contribution in [0.4, 0.5) is 0 Å². The summed E-state index contributed by atoms with van der Waals surface area (Å²) in [6, 6.07) is 0. The molecule has 0 radical (unpaired) electrons. The number of hydrogen-bond acceptors (Lipinski definition) is 3. The third-order valence-corrected chi connectivity index (χ3v) is 1.75. The first-order chi connectivity index (χ1) is 4.54. The van der Waals surface area contributed by atoms with E-state index in [1.807, 2.05) is 0 Å². The van der Waals surface area contributed by atoms with E-state index in [4.69, 9.17) is 9.84 Å². The maximum atomic E-state index is 11.1. The summed E-state index contributed by atoms with van der Waals surface area (Å²) < 4.78 is 5.14. The van der Waals surface area contributed by atoms with Gasteiger partial charge in [0.05, 0.1) is 6.61 Å². The van der Waals surface area contributed by atoms with Gasteiger partial charge in [-0.1, -0.05) is 0 Å². The predicted molar refractivity (Wildman–Crippen MR) is 35.7 cm³/mol. The summed E-state index contributed by atoms with van der Waals surface area (Å²) in [5.74, 6) is -0.209. The topological polar surface area (TPSA) is 46.5 Å². The molecule has 0 amide bonds. The minimum absolute atomic E-state index is 0.209. The Morgan fingerprint density at radius 3 is 2.70 bits per heavy atom. The van der Waals surface area contributed by atoms with E-state index in [2.05, 4.69) is 0 Å². The van der Waals surface area contributed by atoms with E-state index in [0.29, 0.717) is 13.0 Å². The molecule has 10 heavy (non-hydrogen) atoms. The Hall–Kier alpha value is -0.410. The number of Topliss-reactive ketones (excluding diaryl/α,β-unsaturated/α-hetero) is 1. The highest BCUT2D eigenvalue weighted by molar-refractivity contribution is 5.90. The highest BCUT2D eigenvalue weighted by Crippen LogP contribution is 2.19. The normalized spacial score (nSPS) is 32.3. The lowest BCUT2D eigenvalue weighted by atomic mass is 9.94. The maximum Gasteiger partial charge on any atom is 0.192 e. The van der Waals surface area contributed by atoms with Gasteiger partial charge in [0.2, 0.25) is 0 Å². The molecule has 1 fully saturated rings. The maximum absolute atomic E-state index is 11.1. The van der Waals surface area contributed by atoms with E-state index >= 15 is 0 Å². The molecule has 58 valence electrons. The van der Waals surface area contributed by atoms with Gasteiger partial charge in [-0.15, -0.1) is 0 Å². The highest BCUT2D eigenvalue weighted by atomic mass is 16.5. The van der Waals surface area contributed by atoms with E-state index in [1.54, 1.807) is 13.8 Å². The van der Waals surface area contributed by atoms with Gasteiger partial charge in [-0.25, -0.2) is 0 Å². The second-order valence-electron chi connectivity index (χ2n) is 3.03. The van der Waals surface area contributed by atoms with Crippen molar-refractivity contribution in [3.8, 4) is 0 Å². The summed E-state index contributed by atoms with van der Waals surface area (Å²) in [6.07, 6.45) is -0.383. The molecule has 1 atom stereocenters. The lowest BCUT2D eigenvalue weighted by Gasteiger charge is -2.31. The number of aliphatic hydroxyl groups excluding tert-OH is 1. The number of hydrogen-bond donors (Lipinski definition) is 1. The molecule has 0 aliphatic carbocycles. The molecular weight excluding hydrogens is 132 g/mol. The molecule has 1 aliphatic heterocycles. The van der Waals surface area contributed by atoms with Crippen molar-refractivity contribution in [2.45, 2.75) is 32.0 Å². The summed E-state index contributed by atoms with van der Waals surface area (Å²) in [5.41, 5.74) is -0.780. The van der Waals surface area contributed by atoms with Crippen LogP contribution in [0, 0.1) is 0 Å². The van der Waals surface area contributed by atoms with E-state index in [0.717, 1.165) is 0 Å². The van der Waals surface area contributed by atoms with Crippen LogP contribution >= 0.6 is 0 Å². The Morgan fingerprint density at radius 1 is 1.70 bits per heavy atom. The SMILES string of the molecule is CC1(C)OCCC(O)C1=O. The second-order valence-corrected chi connectivity index (χ2v) is 3.03. The number of carbonyl (C=O) groups is 1. The minimum Gasteiger partial charge on any atom is -0.385 e. The molecule has 1 unspecified atom stereocenters. The fourth-order valence-electron chi connectivity index (χ4n) is 1.03. The average Bonchev–Trinajstić information content (AvgIpc) is 1.83. The van der Waals surface area contributed by atoms with Gasteiger partial charge in [-0.2, -0.15) is 0 Å². The van der Waals surface area contributed by atoms with E-state index in [1.165, 1.54) is 0 Å². The van der Waals surface area contributed by atoms with Crippen LogP contribution in [0.5, 0.6) is 0 Å². The Balaban J connectivity index is 2.70. The molecule has 1 saturated heterocycles. The average molecular weight is 144 g/mol. The molecule has 0 aromatic rings. The van der Waals surface area contributed by atoms with Gasteiger partial charge in [0.1, 0.15) is 11.7 Å². The molecule has 3 heteroatoms. The Kier molecular flexibility index (Phi) is 1.79. The standard InChI is InChI=1S/C7H12O3/c1-7(2)6(9)5(8)3-4-10-7/h5,8H,3-4H2,1-2H3. The van der Waals surface area contributed by atoms with Crippen LogP contribution in [-0.2, 0) is 9.53 Å². The van der Waals surface area contributed by atoms with Crippen LogP contribution in [-0.4, -0.2) is 29.2 Å². The molecule has 0 aromatic heterocycles. The van der Waals surface area contributed by atoms with Gasteiger partial charge >= 0.3 is 0 Å². The second kappa shape index (κ2) is 2.32. The predicted octanol–water partition coefficient (Wildman–Crippen LogP) is 0.115. The number of carbonyl (C=O) groups excluding carboxylic acids is 1. The lowest BCUT2D eigenvalue weighted by Crippen LogP contribution is -2.47. The number of rotatable bonds is 0. The largest absolute Gasteiger partial charge is 0.385 e. The molecule has 1 N–H and O–H groups in total. The van der Waals surface area contributed by atoms with Crippen molar-refractivity contribution in [3.63, 3.8) is 0 Å². The van der Waals surface area contributed by atoms with Crippen molar-refractivity contribution in [1.29, 1.82) is 0 Å². The van der Waals surface area contributed by atoms with Crippen molar-refractivity contribution >= 4 is 5.78 Å². The van der Waals surface area contributed by atoms with Crippen LogP contribution in [0.25, 0.3) is 0 Å². The number of aliphatic hydroxyl groups is 1. The van der Waals surface area contributed by atoms with Crippen molar-refractivity contribution in [2.24, 2.45) is 0 Å². The third kappa shape index (κ3) is 1.20. The minimum atomic E-state index is -0.816. The van der Waals surface area contributed by atoms with Crippen LogP contribution in [0.2, 0.25) is 0 Å². The van der Waals surface area contributed by atoms with Crippen LogP contribution in [0.1, 0.15) is 20.3 Å². The van der Waals surface area contributed by atoms with E-state index < -0.39 is 11.7 Å². The molecule has 3 nitrogen and oxygen atoms in total. The zero-order valence-electron chi connectivity index (χ0n) is 6.26. The third-order valence-electron chi connectivity index (χ3n) is 1.75. The summed E-state index contributed by atoms with van der Waals surface area (Å²) in [4.78, 5) is 11.1. The summed E-state index contributed by atoms with van der Waals surface area (Å²) in [5, 5.41) is 9.08. The van der Waals surface area contributed by atoms with Crippen LogP contribution < -0.4 is 0 Å². The van der Waals surface area contributed by atoms with Gasteiger partial charge in [-0.05, 0) is 13.8 Å². The molecule has 0 saturated carbocycles. The smallest absolute Gasteiger partial charge is 0.192 e. The fourth-order valence-corrected chi connectivity index (χ4v) is 1.03. The van der Waals surface area contributed by atoms with E-state index in [-0.39, 0.29) is 5.78 Å². The first-order valence-electron chi connectivity index (χ1n) is 3.40. The van der Waals surface area contributed by atoms with Crippen molar-refractivity contribution in [3.05, 3.63) is 0 Å². The number of ether oxygens (including phenoxy) is 1. The lowest BCUT2D eigenvalue weighted by molar-refractivity contribution is -0.160. The highest BCUT2D eigenvalue weighted by Gasteiger charge is 2.37. The van der Waals surface area contributed by atoms with Gasteiger partial charge < -0.3 is 9.84 Å². The van der Waals surface area contributed by atoms with Gasteiger partial charge in [0, 0.05) is 6.42 Å². The Morgan fingerprint density at radius 2 is 2.30 bits per heavy atom. The van der Waals surface area contributed by atoms with Gasteiger partial charge in [0.25, 0.3) is 0 Å². The summed E-state index contributed by atoms with van der Waals surface area (Å²) in [6.45, 7) is 3.83. The van der Waals surface area contributed by atoms with Gasteiger partial charge in [0.15, 0.2) is 5.78 Å². The fraction of sp³-hybridized carbons (Fsp3) is 0.857. The number of ketones is 1. The Bertz CT molecular complexity index is 151. The zero-order chi connectivity index (χ0) is 7.78. The molecule has 1 rings (SSSR count). The first kappa shape index (κ1) is 7.69. The quantitative estimate of drug-likeness (QED) is 0.525. The Labute approximate surface area is 60.0 Å². The van der Waals surface area contributed by atoms with Crippen LogP contribution in [0.15, 0.2) is 0 Å². The van der Waals surface area contributed by atoms with E-state index in [9.17, 15) is 4.79 Å². The van der Waals surface area contributed by atoms with Crippen molar-refractivity contribution in [2.75, 3.05) is 6.61 Å². The summed E-state index contributed by atoms with van der Waals surface area (Å²) >= 11 is 0. The molecule has 1 heterocycles. The van der Waals surface area contributed by atoms with Crippen molar-refractivity contribution < 1.29 is 14.6 Å². The first-order valence-corrected chi connectivity index (χ1v) is 3.40. The molecular formula is C7H12O3. The zero-order valence-corrected chi connectivity index (χ0v) is 6.26. The molecule has 0 aromatic carbocycles. The van der Waals surface area contributed by atoms with Gasteiger partial charge in [-0.3, -0.25) is 4.79 Å². The monoisotopic (exact) mass is 144 g/mol. The summed E-state index contributed by atoms with van der Waals surface area (Å²) in [7, 11) is 0. The van der Waals surface area contributed by atoms with Crippen LogP contribution in [0.3, 0.4) is 0 Å².